The Labute approximate surface area is 85.5 Å². The van der Waals surface area contributed by atoms with Gasteiger partial charge in [-0.1, -0.05) is 0 Å². The Bertz CT molecular complexity index is 313. The molecule has 0 radical (unpaired) electrons. The Kier molecular flexibility index (Phi) is 3.66. The molecule has 0 spiro atoms. The zero-order valence-corrected chi connectivity index (χ0v) is 8.28. The van der Waals surface area contributed by atoms with E-state index in [2.05, 4.69) is 4.74 Å². The molecular formula is C6H12O8S. The Morgan fingerprint density at radius 3 is 2.00 bits per heavy atom. The van der Waals surface area contributed by atoms with Crippen LogP contribution in [0.3, 0.4) is 0 Å². The van der Waals surface area contributed by atoms with E-state index in [1.807, 2.05) is 0 Å². The molecule has 0 aliphatic carbocycles. The summed E-state index contributed by atoms with van der Waals surface area (Å²) >= 11 is 0. The van der Waals surface area contributed by atoms with Gasteiger partial charge in [-0.2, -0.15) is 8.42 Å². The monoisotopic (exact) mass is 244 g/mol. The molecule has 0 saturated carbocycles. The summed E-state index contributed by atoms with van der Waals surface area (Å²) in [4.78, 5) is 0. The Hall–Kier alpha value is -0.290. The molecule has 90 valence electrons. The molecule has 1 aliphatic rings. The third-order valence-electron chi connectivity index (χ3n) is 2.06. The first-order valence-corrected chi connectivity index (χ1v) is 5.66. The molecule has 0 aromatic carbocycles. The number of hydrogen-bond donors (Lipinski definition) is 5. The molecule has 15 heavy (non-hydrogen) atoms. The maximum absolute atomic E-state index is 10.5. The molecule has 1 aliphatic heterocycles. The van der Waals surface area contributed by atoms with E-state index < -0.39 is 46.6 Å². The summed E-state index contributed by atoms with van der Waals surface area (Å²) in [7, 11) is -4.41. The van der Waals surface area contributed by atoms with Crippen LogP contribution in [0, 0.1) is 0 Å². The highest BCUT2D eigenvalue weighted by Gasteiger charge is 2.44. The van der Waals surface area contributed by atoms with Crippen molar-refractivity contribution in [3.8, 4) is 0 Å². The number of aliphatic hydroxyl groups is 4. The van der Waals surface area contributed by atoms with Crippen LogP contribution >= 0.6 is 0 Å². The van der Waals surface area contributed by atoms with Crippen LogP contribution in [-0.4, -0.2) is 69.9 Å². The molecule has 0 bridgehead atoms. The van der Waals surface area contributed by atoms with E-state index in [-0.39, 0.29) is 0 Å². The second kappa shape index (κ2) is 4.29. The summed E-state index contributed by atoms with van der Waals surface area (Å²) < 4.78 is 34.0. The Balaban J connectivity index is 2.75. The average molecular weight is 244 g/mol. The number of aliphatic hydroxyl groups excluding tert-OH is 4. The molecule has 1 heterocycles. The molecular weight excluding hydrogens is 232 g/mol. The predicted octanol–water partition coefficient (Wildman–Crippen LogP) is -3.33. The first-order chi connectivity index (χ1) is 6.72. The molecule has 9 heteroatoms. The molecule has 5 atom stereocenters. The van der Waals surface area contributed by atoms with Crippen molar-refractivity contribution in [1.82, 2.24) is 0 Å². The van der Waals surface area contributed by atoms with Crippen LogP contribution in [0.25, 0.3) is 0 Å². The highest BCUT2D eigenvalue weighted by molar-refractivity contribution is 7.85. The lowest BCUT2D eigenvalue weighted by Crippen LogP contribution is -2.59. The van der Waals surface area contributed by atoms with Gasteiger partial charge in [0.2, 0.25) is 0 Å². The van der Waals surface area contributed by atoms with Crippen LogP contribution in [-0.2, 0) is 14.9 Å². The number of ether oxygens (including phenoxy) is 1. The molecule has 5 N–H and O–H groups in total. The normalized spacial score (nSPS) is 42.9. The SMILES string of the molecule is O=S(=O)(O)C[C@H]1O[C@@H](O)[C@@H](O)[C@@H](O)[C@@H]1O. The van der Waals surface area contributed by atoms with E-state index in [4.69, 9.17) is 19.9 Å². The van der Waals surface area contributed by atoms with E-state index in [9.17, 15) is 13.5 Å². The molecule has 0 aromatic heterocycles. The van der Waals surface area contributed by atoms with Gasteiger partial charge < -0.3 is 25.2 Å². The lowest BCUT2D eigenvalue weighted by atomic mass is 10.0. The second-order valence-corrected chi connectivity index (χ2v) is 4.78. The maximum atomic E-state index is 10.5. The van der Waals surface area contributed by atoms with Gasteiger partial charge in [-0.15, -0.1) is 0 Å². The molecule has 1 rings (SSSR count). The van der Waals surface area contributed by atoms with Crippen molar-refractivity contribution in [2.45, 2.75) is 30.7 Å². The molecule has 0 aromatic rings. The smallest absolute Gasteiger partial charge is 0.267 e. The molecule has 1 fully saturated rings. The lowest BCUT2D eigenvalue weighted by Gasteiger charge is -2.37. The maximum Gasteiger partial charge on any atom is 0.267 e. The van der Waals surface area contributed by atoms with Gasteiger partial charge in [0.05, 0.1) is 0 Å². The van der Waals surface area contributed by atoms with Crippen molar-refractivity contribution in [2.75, 3.05) is 5.75 Å². The topological polar surface area (TPSA) is 145 Å². The minimum atomic E-state index is -4.41. The number of hydrogen-bond acceptors (Lipinski definition) is 7. The van der Waals surface area contributed by atoms with Gasteiger partial charge in [0.15, 0.2) is 6.29 Å². The van der Waals surface area contributed by atoms with Crippen LogP contribution in [0.4, 0.5) is 0 Å². The minimum absolute atomic E-state index is 0.977. The van der Waals surface area contributed by atoms with E-state index in [0.717, 1.165) is 0 Å². The Morgan fingerprint density at radius 2 is 1.53 bits per heavy atom. The first kappa shape index (κ1) is 12.8. The van der Waals surface area contributed by atoms with Crippen molar-refractivity contribution >= 4 is 10.1 Å². The number of rotatable bonds is 2. The molecule has 0 unspecified atom stereocenters. The predicted molar refractivity (Wildman–Crippen MR) is 45.3 cm³/mol. The Morgan fingerprint density at radius 1 is 1.00 bits per heavy atom. The zero-order valence-electron chi connectivity index (χ0n) is 7.46. The summed E-state index contributed by atoms with van der Waals surface area (Å²) in [6.45, 7) is 0. The summed E-state index contributed by atoms with van der Waals surface area (Å²) in [6, 6.07) is 0. The van der Waals surface area contributed by atoms with Crippen molar-refractivity contribution < 1.29 is 38.1 Å². The fraction of sp³-hybridized carbons (Fsp3) is 1.00. The zero-order chi connectivity index (χ0) is 11.8. The van der Waals surface area contributed by atoms with Crippen molar-refractivity contribution in [3.63, 3.8) is 0 Å². The van der Waals surface area contributed by atoms with Crippen LogP contribution in [0.2, 0.25) is 0 Å². The van der Waals surface area contributed by atoms with Gasteiger partial charge >= 0.3 is 0 Å². The summed E-state index contributed by atoms with van der Waals surface area (Å²) in [5, 5.41) is 36.5. The van der Waals surface area contributed by atoms with Gasteiger partial charge in [-0.25, -0.2) is 0 Å². The minimum Gasteiger partial charge on any atom is -0.388 e. The van der Waals surface area contributed by atoms with Crippen LogP contribution in [0.5, 0.6) is 0 Å². The largest absolute Gasteiger partial charge is 0.388 e. The molecule has 0 amide bonds. The third kappa shape index (κ3) is 3.08. The van der Waals surface area contributed by atoms with E-state index in [1.54, 1.807) is 0 Å². The highest BCUT2D eigenvalue weighted by atomic mass is 32.2. The van der Waals surface area contributed by atoms with Gasteiger partial charge in [0.1, 0.15) is 30.2 Å². The summed E-state index contributed by atoms with van der Waals surface area (Å²) in [5.41, 5.74) is 0. The fourth-order valence-electron chi connectivity index (χ4n) is 1.28. The van der Waals surface area contributed by atoms with E-state index in [0.29, 0.717) is 0 Å². The van der Waals surface area contributed by atoms with E-state index in [1.165, 1.54) is 0 Å². The summed E-state index contributed by atoms with van der Waals surface area (Å²) in [5.74, 6) is -0.977. The van der Waals surface area contributed by atoms with E-state index >= 15 is 0 Å². The summed E-state index contributed by atoms with van der Waals surface area (Å²) in [6.07, 6.45) is -8.47. The van der Waals surface area contributed by atoms with Crippen molar-refractivity contribution in [1.29, 1.82) is 0 Å². The third-order valence-corrected chi connectivity index (χ3v) is 2.81. The average Bonchev–Trinajstić information content (AvgIpc) is 2.08. The lowest BCUT2D eigenvalue weighted by molar-refractivity contribution is -0.276. The second-order valence-electron chi connectivity index (χ2n) is 3.29. The van der Waals surface area contributed by atoms with Gasteiger partial charge in [0.25, 0.3) is 10.1 Å². The fourth-order valence-corrected chi connectivity index (χ4v) is 1.97. The molecule has 1 saturated heterocycles. The quantitative estimate of drug-likeness (QED) is 0.317. The van der Waals surface area contributed by atoms with Crippen LogP contribution < -0.4 is 0 Å². The van der Waals surface area contributed by atoms with Crippen molar-refractivity contribution in [2.24, 2.45) is 0 Å². The van der Waals surface area contributed by atoms with Crippen LogP contribution in [0.15, 0.2) is 0 Å². The molecule has 8 nitrogen and oxygen atoms in total. The highest BCUT2D eigenvalue weighted by Crippen LogP contribution is 2.20. The first-order valence-electron chi connectivity index (χ1n) is 4.05. The van der Waals surface area contributed by atoms with Crippen LogP contribution in [0.1, 0.15) is 0 Å². The standard InChI is InChI=1S/C6H12O8S/c7-3-2(1-15(11,12)13)14-6(10)5(9)4(3)8/h2-10H,1H2,(H,11,12,13)/t2-,3-,4+,5+,6-/m1/s1. The van der Waals surface area contributed by atoms with Crippen molar-refractivity contribution in [3.05, 3.63) is 0 Å². The van der Waals surface area contributed by atoms with Gasteiger partial charge in [0, 0.05) is 0 Å². The van der Waals surface area contributed by atoms with Gasteiger partial charge in [-0.05, 0) is 0 Å². The van der Waals surface area contributed by atoms with Gasteiger partial charge in [-0.3, -0.25) is 4.55 Å².